The average Bonchev–Trinajstić information content (AvgIpc) is 3.51. The van der Waals surface area contributed by atoms with Gasteiger partial charge in [0.1, 0.15) is 28.7 Å². The van der Waals surface area contributed by atoms with Gasteiger partial charge < -0.3 is 28.6 Å². The highest BCUT2D eigenvalue weighted by atomic mass is 79.9. The number of nitrogens with zero attached hydrogens (tertiary/aromatic N) is 1. The van der Waals surface area contributed by atoms with E-state index in [0.29, 0.717) is 98.6 Å². The standard InChI is InChI=1S/C42H29Br8NO7/c1-55-39-25(43)11-20(12-26(39)44)33-34(21-13-27(45)40(56-2)28(46)14-21)36(38(54)23-17-31(49)42(58-4)32(50)18-23)51(10-9-19-5-7-24(52)8-6-19)35(33)37(53)22-15-29(47)41(57-3)30(48)16-22/h5-8,11-18,52H,9-10H2,1-4H3. The summed E-state index contributed by atoms with van der Waals surface area (Å²) in [6, 6.07) is 21.1. The van der Waals surface area contributed by atoms with Crippen molar-refractivity contribution in [1.29, 1.82) is 0 Å². The first-order valence-electron chi connectivity index (χ1n) is 16.9. The predicted molar refractivity (Wildman–Crippen MR) is 255 cm³/mol. The van der Waals surface area contributed by atoms with Crippen molar-refractivity contribution in [3.05, 3.63) is 137 Å². The Bertz CT molecular complexity index is 2360. The SMILES string of the molecule is COc1c(Br)cc(C(=O)c2c(-c3cc(Br)c(OC)c(Br)c3)c(-c3cc(Br)c(OC)c(Br)c3)c(C(=O)c3cc(Br)c(OC)c(Br)c3)n2CCc2ccc(O)cc2)cc1Br. The molecule has 0 unspecified atom stereocenters. The van der Waals surface area contributed by atoms with Crippen LogP contribution in [0.15, 0.2) is 109 Å². The van der Waals surface area contributed by atoms with Crippen LogP contribution in [-0.4, -0.2) is 49.7 Å². The van der Waals surface area contributed by atoms with E-state index in [1.54, 1.807) is 69.4 Å². The van der Waals surface area contributed by atoms with Crippen molar-refractivity contribution in [2.45, 2.75) is 13.0 Å². The monoisotopic (exact) mass is 1290 g/mol. The zero-order chi connectivity index (χ0) is 42.2. The topological polar surface area (TPSA) is 96.2 Å². The maximum atomic E-state index is 15.5. The second kappa shape index (κ2) is 19.1. The molecule has 1 N–H and O–H groups in total. The average molecular weight is 1300 g/mol. The van der Waals surface area contributed by atoms with Gasteiger partial charge in [0, 0.05) is 28.8 Å². The normalized spacial score (nSPS) is 11.1. The Morgan fingerprint density at radius 1 is 0.500 bits per heavy atom. The van der Waals surface area contributed by atoms with Gasteiger partial charge in [0.05, 0.1) is 75.6 Å². The molecule has 0 atom stereocenters. The fourth-order valence-electron chi connectivity index (χ4n) is 6.62. The molecule has 0 aliphatic rings. The van der Waals surface area contributed by atoms with Gasteiger partial charge in [-0.3, -0.25) is 9.59 Å². The van der Waals surface area contributed by atoms with Crippen LogP contribution < -0.4 is 18.9 Å². The van der Waals surface area contributed by atoms with E-state index in [4.69, 9.17) is 18.9 Å². The van der Waals surface area contributed by atoms with Crippen molar-refractivity contribution >= 4 is 139 Å². The molecular formula is C42H29Br8NO7. The van der Waals surface area contributed by atoms with E-state index in [2.05, 4.69) is 127 Å². The van der Waals surface area contributed by atoms with Crippen LogP contribution in [0, 0.1) is 0 Å². The number of ether oxygens (including phenoxy) is 4. The number of rotatable bonds is 13. The van der Waals surface area contributed by atoms with Gasteiger partial charge in [0.15, 0.2) is 0 Å². The highest BCUT2D eigenvalue weighted by Gasteiger charge is 2.35. The minimum Gasteiger partial charge on any atom is -0.508 e. The van der Waals surface area contributed by atoms with Crippen LogP contribution >= 0.6 is 127 Å². The van der Waals surface area contributed by atoms with E-state index in [1.807, 2.05) is 36.4 Å². The molecule has 6 aromatic rings. The number of hydrogen-bond donors (Lipinski definition) is 1. The molecule has 5 aromatic carbocycles. The first kappa shape index (κ1) is 45.1. The first-order valence-corrected chi connectivity index (χ1v) is 23.2. The molecule has 0 spiro atoms. The molecule has 0 radical (unpaired) electrons. The van der Waals surface area contributed by atoms with E-state index in [-0.39, 0.29) is 35.2 Å². The molecular weight excluding hydrogens is 1270 g/mol. The summed E-state index contributed by atoms with van der Waals surface area (Å²) < 4.78 is 29.0. The van der Waals surface area contributed by atoms with E-state index < -0.39 is 0 Å². The zero-order valence-electron chi connectivity index (χ0n) is 30.7. The Kier molecular flexibility index (Phi) is 14.8. The van der Waals surface area contributed by atoms with Crippen LogP contribution in [0.1, 0.15) is 37.7 Å². The lowest BCUT2D eigenvalue weighted by atomic mass is 9.91. The maximum Gasteiger partial charge on any atom is 0.210 e. The molecule has 0 saturated carbocycles. The van der Waals surface area contributed by atoms with Gasteiger partial charge in [-0.2, -0.15) is 0 Å². The number of ketones is 2. The molecule has 6 rings (SSSR count). The summed E-state index contributed by atoms with van der Waals surface area (Å²) in [6.45, 7) is 0.188. The number of hydrogen-bond acceptors (Lipinski definition) is 7. The fraction of sp³-hybridized carbons (Fsp3) is 0.143. The van der Waals surface area contributed by atoms with E-state index >= 15 is 9.59 Å². The molecule has 1 aromatic heterocycles. The predicted octanol–water partition coefficient (Wildman–Crippen LogP) is 14.4. The lowest BCUT2D eigenvalue weighted by Gasteiger charge is -2.16. The second-order valence-corrected chi connectivity index (χ2v) is 19.4. The van der Waals surface area contributed by atoms with Crippen LogP contribution in [0.25, 0.3) is 22.3 Å². The van der Waals surface area contributed by atoms with Gasteiger partial charge in [0.25, 0.3) is 0 Å². The van der Waals surface area contributed by atoms with Gasteiger partial charge in [-0.1, -0.05) is 12.1 Å². The Morgan fingerprint density at radius 3 is 1.09 bits per heavy atom. The Labute approximate surface area is 402 Å². The molecule has 8 nitrogen and oxygen atoms in total. The Hall–Kier alpha value is -2.44. The molecule has 1 heterocycles. The Morgan fingerprint density at radius 2 is 0.793 bits per heavy atom. The van der Waals surface area contributed by atoms with Crippen LogP contribution in [0.5, 0.6) is 28.7 Å². The molecule has 0 fully saturated rings. The lowest BCUT2D eigenvalue weighted by Crippen LogP contribution is -2.18. The molecule has 0 aliphatic heterocycles. The quantitative estimate of drug-likeness (QED) is 0.115. The molecule has 300 valence electrons. The van der Waals surface area contributed by atoms with E-state index in [0.717, 1.165) is 5.56 Å². The number of phenolic OH excluding ortho intramolecular Hbond substituents is 1. The van der Waals surface area contributed by atoms with Gasteiger partial charge in [-0.25, -0.2) is 0 Å². The summed E-state index contributed by atoms with van der Waals surface area (Å²) in [5.74, 6) is 1.52. The molecule has 0 saturated heterocycles. The number of carbonyl (C=O) groups is 2. The molecule has 58 heavy (non-hydrogen) atoms. The van der Waals surface area contributed by atoms with Crippen molar-refractivity contribution in [2.24, 2.45) is 0 Å². The van der Waals surface area contributed by atoms with Crippen LogP contribution in [0.3, 0.4) is 0 Å². The minimum absolute atomic E-state index is 0.124. The number of phenols is 1. The smallest absolute Gasteiger partial charge is 0.210 e. The Balaban J connectivity index is 1.83. The second-order valence-electron chi connectivity index (χ2n) is 12.6. The number of halogens is 8. The molecule has 16 heteroatoms. The summed E-state index contributed by atoms with van der Waals surface area (Å²) in [4.78, 5) is 31.1. The van der Waals surface area contributed by atoms with E-state index in [1.165, 1.54) is 0 Å². The van der Waals surface area contributed by atoms with Gasteiger partial charge in [0.2, 0.25) is 11.6 Å². The summed E-state index contributed by atoms with van der Waals surface area (Å²) in [5, 5.41) is 10.1. The summed E-state index contributed by atoms with van der Waals surface area (Å²) in [5.41, 5.74) is 4.23. The zero-order valence-corrected chi connectivity index (χ0v) is 43.4. The minimum atomic E-state index is -0.364. The summed E-state index contributed by atoms with van der Waals surface area (Å²) in [7, 11) is 6.23. The third-order valence-electron chi connectivity index (χ3n) is 9.17. The highest BCUT2D eigenvalue weighted by molar-refractivity contribution is 9.12. The van der Waals surface area contributed by atoms with E-state index in [9.17, 15) is 5.11 Å². The molecule has 0 aliphatic carbocycles. The number of aromatic hydroxyl groups is 1. The van der Waals surface area contributed by atoms with Crippen molar-refractivity contribution in [3.8, 4) is 51.0 Å². The van der Waals surface area contributed by atoms with Crippen LogP contribution in [0.4, 0.5) is 0 Å². The van der Waals surface area contributed by atoms with Gasteiger partial charge in [-0.05, 0) is 211 Å². The first-order chi connectivity index (χ1) is 27.6. The third-order valence-corrected chi connectivity index (χ3v) is 13.9. The van der Waals surface area contributed by atoms with Crippen molar-refractivity contribution in [3.63, 3.8) is 0 Å². The summed E-state index contributed by atoms with van der Waals surface area (Å²) >= 11 is 29.1. The van der Waals surface area contributed by atoms with Crippen molar-refractivity contribution < 1.29 is 33.6 Å². The molecule has 0 bridgehead atoms. The number of methoxy groups -OCH3 is 4. The number of carbonyl (C=O) groups excluding carboxylic acids is 2. The van der Waals surface area contributed by atoms with Crippen molar-refractivity contribution in [1.82, 2.24) is 4.57 Å². The molecule has 0 amide bonds. The largest absolute Gasteiger partial charge is 0.508 e. The van der Waals surface area contributed by atoms with Crippen molar-refractivity contribution in [2.75, 3.05) is 28.4 Å². The van der Waals surface area contributed by atoms with Gasteiger partial charge in [-0.15, -0.1) is 0 Å². The summed E-state index contributed by atoms with van der Waals surface area (Å²) in [6.07, 6.45) is 0.395. The fourth-order valence-corrected chi connectivity index (χ4v) is 12.7. The number of aromatic nitrogens is 1. The number of aryl methyl sites for hydroxylation is 1. The van der Waals surface area contributed by atoms with Gasteiger partial charge >= 0.3 is 0 Å². The lowest BCUT2D eigenvalue weighted by molar-refractivity contribution is 0.102. The highest BCUT2D eigenvalue weighted by Crippen LogP contribution is 2.49. The maximum absolute atomic E-state index is 15.5. The third kappa shape index (κ3) is 8.95. The van der Waals surface area contributed by atoms with Crippen LogP contribution in [-0.2, 0) is 13.0 Å². The number of benzene rings is 5. The van der Waals surface area contributed by atoms with Crippen LogP contribution in [0.2, 0.25) is 0 Å².